The average Bonchev–Trinajstić information content (AvgIpc) is 2.81. The molecule has 118 valence electrons. The van der Waals surface area contributed by atoms with Crippen molar-refractivity contribution in [1.82, 2.24) is 4.90 Å². The molecule has 3 nitrogen and oxygen atoms in total. The van der Waals surface area contributed by atoms with Crippen molar-refractivity contribution in [3.05, 3.63) is 0 Å². The van der Waals surface area contributed by atoms with Gasteiger partial charge in [0.05, 0.1) is 12.4 Å². The van der Waals surface area contributed by atoms with Crippen LogP contribution in [0.25, 0.3) is 0 Å². The molecule has 1 fully saturated rings. The van der Waals surface area contributed by atoms with Crippen molar-refractivity contribution in [3.8, 4) is 0 Å². The van der Waals surface area contributed by atoms with Crippen LogP contribution in [0.1, 0.15) is 71.1 Å². The Morgan fingerprint density at radius 3 is 2.10 bits per heavy atom. The number of amides is 1. The number of unbranched alkanes of at least 4 members (excludes halogenated alkanes) is 9. The van der Waals surface area contributed by atoms with Gasteiger partial charge in [0, 0.05) is 6.54 Å². The quantitative estimate of drug-likeness (QED) is 0.376. The number of hydrogen-bond donors (Lipinski definition) is 0. The van der Waals surface area contributed by atoms with E-state index in [1.54, 1.807) is 4.90 Å². The molecule has 1 rings (SSSR count). The smallest absolute Gasteiger partial charge is 0.410 e. The highest BCUT2D eigenvalue weighted by Crippen LogP contribution is 2.15. The highest BCUT2D eigenvalue weighted by atomic mass is 35.5. The molecule has 0 radical (unpaired) electrons. The molecule has 1 unspecified atom stereocenters. The van der Waals surface area contributed by atoms with Gasteiger partial charge in [0.15, 0.2) is 0 Å². The minimum Gasteiger partial charge on any atom is -0.443 e. The molecule has 0 aromatic rings. The Hall–Kier alpha value is -0.440. The molecule has 1 heterocycles. The summed E-state index contributed by atoms with van der Waals surface area (Å²) in [5.41, 5.74) is 0. The molecule has 1 atom stereocenters. The lowest BCUT2D eigenvalue weighted by molar-refractivity contribution is 0.139. The molecule has 0 saturated carbocycles. The van der Waals surface area contributed by atoms with Crippen LogP contribution in [0, 0.1) is 0 Å². The largest absolute Gasteiger partial charge is 0.443 e. The Bertz CT molecular complexity index is 261. The third kappa shape index (κ3) is 7.37. The second kappa shape index (κ2) is 11.2. The fourth-order valence-corrected chi connectivity index (χ4v) is 2.79. The van der Waals surface area contributed by atoms with Crippen molar-refractivity contribution in [2.45, 2.75) is 77.2 Å². The van der Waals surface area contributed by atoms with Crippen molar-refractivity contribution >= 4 is 17.7 Å². The summed E-state index contributed by atoms with van der Waals surface area (Å²) in [5.74, 6) is 0.403. The molecule has 1 aliphatic rings. The predicted octanol–water partition coefficient (Wildman–Crippen LogP) is 4.97. The van der Waals surface area contributed by atoms with Crippen LogP contribution in [0.4, 0.5) is 4.79 Å². The second-order valence-corrected chi connectivity index (χ2v) is 6.10. The Morgan fingerprint density at radius 1 is 1.05 bits per heavy atom. The first kappa shape index (κ1) is 17.6. The van der Waals surface area contributed by atoms with E-state index in [2.05, 4.69) is 6.92 Å². The van der Waals surface area contributed by atoms with E-state index in [4.69, 9.17) is 16.3 Å². The Labute approximate surface area is 129 Å². The summed E-state index contributed by atoms with van der Waals surface area (Å²) >= 11 is 5.70. The fraction of sp³-hybridized carbons (Fsp3) is 0.938. The van der Waals surface area contributed by atoms with Gasteiger partial charge >= 0.3 is 6.09 Å². The van der Waals surface area contributed by atoms with Crippen LogP contribution in [0.5, 0.6) is 0 Å². The van der Waals surface area contributed by atoms with E-state index in [0.717, 1.165) is 13.0 Å². The predicted molar refractivity (Wildman–Crippen MR) is 84.4 cm³/mol. The van der Waals surface area contributed by atoms with Crippen LogP contribution >= 0.6 is 11.6 Å². The summed E-state index contributed by atoms with van der Waals surface area (Å²) in [6.07, 6.45) is 12.9. The molecule has 0 aromatic carbocycles. The Morgan fingerprint density at radius 2 is 1.60 bits per heavy atom. The van der Waals surface area contributed by atoms with Gasteiger partial charge in [0.1, 0.15) is 6.10 Å². The lowest BCUT2D eigenvalue weighted by Crippen LogP contribution is -2.26. The van der Waals surface area contributed by atoms with E-state index in [1.807, 2.05) is 0 Å². The highest BCUT2D eigenvalue weighted by molar-refractivity contribution is 6.18. The van der Waals surface area contributed by atoms with Gasteiger partial charge in [0.25, 0.3) is 0 Å². The zero-order valence-corrected chi connectivity index (χ0v) is 13.7. The van der Waals surface area contributed by atoms with Crippen molar-refractivity contribution in [1.29, 1.82) is 0 Å². The lowest BCUT2D eigenvalue weighted by atomic mass is 10.1. The summed E-state index contributed by atoms with van der Waals surface area (Å²) in [6, 6.07) is 0. The molecule has 1 saturated heterocycles. The molecule has 4 heteroatoms. The van der Waals surface area contributed by atoms with Gasteiger partial charge in [-0.2, -0.15) is 0 Å². The van der Waals surface area contributed by atoms with Crippen LogP contribution in [-0.2, 0) is 4.74 Å². The van der Waals surface area contributed by atoms with Gasteiger partial charge in [-0.25, -0.2) is 4.79 Å². The van der Waals surface area contributed by atoms with Crippen molar-refractivity contribution < 1.29 is 9.53 Å². The number of rotatable bonds is 12. The Balaban J connectivity index is 1.86. The first-order chi connectivity index (χ1) is 9.77. The van der Waals surface area contributed by atoms with Gasteiger partial charge in [-0.1, -0.05) is 64.7 Å². The van der Waals surface area contributed by atoms with E-state index >= 15 is 0 Å². The molecular formula is C16H30ClNO2. The summed E-state index contributed by atoms with van der Waals surface area (Å²) in [7, 11) is 0. The van der Waals surface area contributed by atoms with Gasteiger partial charge in [-0.3, -0.25) is 0 Å². The standard InChI is InChI=1S/C16H30ClNO2/c1-2-3-4-5-6-7-8-9-10-11-12-18-14-15(13-17)20-16(18)19/h15H,2-14H2,1H3. The third-order valence-corrected chi connectivity index (χ3v) is 4.25. The molecule has 1 aliphatic heterocycles. The van der Waals surface area contributed by atoms with Crippen molar-refractivity contribution in [2.75, 3.05) is 19.0 Å². The first-order valence-corrected chi connectivity index (χ1v) is 8.83. The molecule has 0 aliphatic carbocycles. The molecule has 1 amide bonds. The Kier molecular flexibility index (Phi) is 9.90. The molecule has 0 bridgehead atoms. The average molecular weight is 304 g/mol. The minimum absolute atomic E-state index is 0.104. The number of cyclic esters (lactones) is 1. The highest BCUT2D eigenvalue weighted by Gasteiger charge is 2.29. The summed E-state index contributed by atoms with van der Waals surface area (Å²) in [6.45, 7) is 3.74. The van der Waals surface area contributed by atoms with Gasteiger partial charge in [-0.15, -0.1) is 11.6 Å². The molecule has 0 N–H and O–H groups in total. The van der Waals surface area contributed by atoms with Crippen LogP contribution in [0.15, 0.2) is 0 Å². The minimum atomic E-state index is -0.188. The number of alkyl halides is 1. The van der Waals surface area contributed by atoms with Crippen LogP contribution in [0.3, 0.4) is 0 Å². The number of nitrogens with zero attached hydrogens (tertiary/aromatic N) is 1. The third-order valence-electron chi connectivity index (χ3n) is 3.90. The molecular weight excluding hydrogens is 274 g/mol. The van der Waals surface area contributed by atoms with Crippen molar-refractivity contribution in [2.24, 2.45) is 0 Å². The van der Waals surface area contributed by atoms with E-state index in [1.165, 1.54) is 57.8 Å². The molecule has 0 spiro atoms. The van der Waals surface area contributed by atoms with E-state index < -0.39 is 0 Å². The van der Waals surface area contributed by atoms with E-state index in [-0.39, 0.29) is 12.2 Å². The number of halogens is 1. The van der Waals surface area contributed by atoms with Crippen LogP contribution < -0.4 is 0 Å². The number of carbonyl (C=O) groups excluding carboxylic acids is 1. The molecule has 0 aromatic heterocycles. The maximum Gasteiger partial charge on any atom is 0.410 e. The monoisotopic (exact) mass is 303 g/mol. The van der Waals surface area contributed by atoms with Crippen molar-refractivity contribution in [3.63, 3.8) is 0 Å². The van der Waals surface area contributed by atoms with E-state index in [0.29, 0.717) is 12.4 Å². The number of hydrogen-bond acceptors (Lipinski definition) is 2. The molecule has 20 heavy (non-hydrogen) atoms. The first-order valence-electron chi connectivity index (χ1n) is 8.29. The fourth-order valence-electron chi connectivity index (χ4n) is 2.63. The SMILES string of the molecule is CCCCCCCCCCCCN1CC(CCl)OC1=O. The summed E-state index contributed by atoms with van der Waals surface area (Å²) in [4.78, 5) is 13.3. The van der Waals surface area contributed by atoms with Gasteiger partial charge in [-0.05, 0) is 6.42 Å². The normalized spacial score (nSPS) is 18.6. The van der Waals surface area contributed by atoms with Gasteiger partial charge < -0.3 is 9.64 Å². The van der Waals surface area contributed by atoms with E-state index in [9.17, 15) is 4.79 Å². The second-order valence-electron chi connectivity index (χ2n) is 5.79. The van der Waals surface area contributed by atoms with Crippen LogP contribution in [0.2, 0.25) is 0 Å². The zero-order chi connectivity index (χ0) is 14.6. The maximum atomic E-state index is 11.5. The summed E-state index contributed by atoms with van der Waals surface area (Å²) in [5, 5.41) is 0. The number of carbonyl (C=O) groups is 1. The zero-order valence-electron chi connectivity index (χ0n) is 12.9. The summed E-state index contributed by atoms with van der Waals surface area (Å²) < 4.78 is 5.12. The van der Waals surface area contributed by atoms with Gasteiger partial charge in [0.2, 0.25) is 0 Å². The van der Waals surface area contributed by atoms with Crippen LogP contribution in [-0.4, -0.2) is 36.1 Å². The number of ether oxygens (including phenoxy) is 1. The lowest BCUT2D eigenvalue weighted by Gasteiger charge is -2.12. The topological polar surface area (TPSA) is 29.5 Å². The maximum absolute atomic E-state index is 11.5.